The van der Waals surface area contributed by atoms with E-state index in [1.807, 2.05) is 0 Å². The van der Waals surface area contributed by atoms with Gasteiger partial charge in [-0.1, -0.05) is 26.2 Å². The van der Waals surface area contributed by atoms with Crippen molar-refractivity contribution >= 4 is 0 Å². The van der Waals surface area contributed by atoms with E-state index in [1.165, 1.54) is 38.5 Å². The van der Waals surface area contributed by atoms with E-state index in [0.29, 0.717) is 0 Å². The minimum Gasteiger partial charge on any atom is -0.381 e. The fraction of sp³-hybridized carbons (Fsp3) is 1.00. The van der Waals surface area contributed by atoms with Gasteiger partial charge in [0.25, 0.3) is 0 Å². The maximum atomic E-state index is 6.19. The molecule has 2 nitrogen and oxygen atoms in total. The van der Waals surface area contributed by atoms with E-state index in [-0.39, 0.29) is 5.54 Å². The van der Waals surface area contributed by atoms with Gasteiger partial charge in [0.15, 0.2) is 0 Å². The average molecular weight is 185 g/mol. The quantitative estimate of drug-likeness (QED) is 0.645. The summed E-state index contributed by atoms with van der Waals surface area (Å²) in [5.41, 5.74) is 6.31. The van der Waals surface area contributed by atoms with Crippen LogP contribution in [-0.4, -0.2) is 18.8 Å². The van der Waals surface area contributed by atoms with Crippen LogP contribution in [0, 0.1) is 0 Å². The highest BCUT2D eigenvalue weighted by molar-refractivity contribution is 4.88. The van der Waals surface area contributed by atoms with Crippen LogP contribution < -0.4 is 5.73 Å². The minimum atomic E-state index is 0.117. The molecule has 1 fully saturated rings. The van der Waals surface area contributed by atoms with Crippen molar-refractivity contribution in [2.24, 2.45) is 5.73 Å². The van der Waals surface area contributed by atoms with Crippen molar-refractivity contribution in [1.29, 1.82) is 0 Å². The van der Waals surface area contributed by atoms with Crippen LogP contribution in [-0.2, 0) is 4.74 Å². The second kappa shape index (κ2) is 5.61. The zero-order chi connectivity index (χ0) is 9.57. The molecule has 0 saturated heterocycles. The summed E-state index contributed by atoms with van der Waals surface area (Å²) in [6.45, 7) is 3.95. The molecule has 78 valence electrons. The zero-order valence-electron chi connectivity index (χ0n) is 8.85. The maximum absolute atomic E-state index is 6.19. The predicted octanol–water partition coefficient (Wildman–Crippen LogP) is 2.46. The first-order valence-corrected chi connectivity index (χ1v) is 5.63. The molecule has 1 aliphatic rings. The van der Waals surface area contributed by atoms with Gasteiger partial charge >= 0.3 is 0 Å². The third-order valence-corrected chi connectivity index (χ3v) is 2.99. The molecule has 0 atom stereocenters. The van der Waals surface area contributed by atoms with Gasteiger partial charge < -0.3 is 10.5 Å². The standard InChI is InChI=1S/C11H23NO/c1-2-3-9-13-10-8-11(12)6-4-5-7-11/h2-10,12H2,1H3. The number of rotatable bonds is 6. The van der Waals surface area contributed by atoms with Crippen molar-refractivity contribution < 1.29 is 4.74 Å². The summed E-state index contributed by atoms with van der Waals surface area (Å²) in [5, 5.41) is 0. The number of hydrogen-bond donors (Lipinski definition) is 1. The van der Waals surface area contributed by atoms with Crippen molar-refractivity contribution in [3.05, 3.63) is 0 Å². The molecule has 1 rings (SSSR count). The van der Waals surface area contributed by atoms with Crippen molar-refractivity contribution in [2.45, 2.75) is 57.4 Å². The lowest BCUT2D eigenvalue weighted by Crippen LogP contribution is -2.37. The van der Waals surface area contributed by atoms with Gasteiger partial charge in [0.2, 0.25) is 0 Å². The Morgan fingerprint density at radius 3 is 2.54 bits per heavy atom. The fourth-order valence-electron chi connectivity index (χ4n) is 1.95. The topological polar surface area (TPSA) is 35.2 Å². The Balaban J connectivity index is 1.98. The lowest BCUT2D eigenvalue weighted by Gasteiger charge is -2.22. The Morgan fingerprint density at radius 2 is 1.92 bits per heavy atom. The molecule has 0 radical (unpaired) electrons. The van der Waals surface area contributed by atoms with Gasteiger partial charge in [0.1, 0.15) is 0 Å². The van der Waals surface area contributed by atoms with E-state index < -0.39 is 0 Å². The smallest absolute Gasteiger partial charge is 0.0483 e. The molecule has 0 heterocycles. The largest absolute Gasteiger partial charge is 0.381 e. The van der Waals surface area contributed by atoms with Gasteiger partial charge in [-0.25, -0.2) is 0 Å². The number of nitrogens with two attached hydrogens (primary N) is 1. The van der Waals surface area contributed by atoms with E-state index in [1.54, 1.807) is 0 Å². The highest BCUT2D eigenvalue weighted by Crippen LogP contribution is 2.29. The maximum Gasteiger partial charge on any atom is 0.0483 e. The van der Waals surface area contributed by atoms with Crippen LogP contribution in [0.1, 0.15) is 51.9 Å². The van der Waals surface area contributed by atoms with Gasteiger partial charge in [-0.05, 0) is 25.7 Å². The molecule has 1 saturated carbocycles. The van der Waals surface area contributed by atoms with Crippen LogP contribution in [0.15, 0.2) is 0 Å². The minimum absolute atomic E-state index is 0.117. The van der Waals surface area contributed by atoms with Crippen LogP contribution in [0.25, 0.3) is 0 Å². The summed E-state index contributed by atoms with van der Waals surface area (Å²) < 4.78 is 5.52. The molecule has 13 heavy (non-hydrogen) atoms. The molecular formula is C11H23NO. The fourth-order valence-corrected chi connectivity index (χ4v) is 1.95. The van der Waals surface area contributed by atoms with Crippen LogP contribution in [0.3, 0.4) is 0 Å². The van der Waals surface area contributed by atoms with Crippen molar-refractivity contribution in [3.8, 4) is 0 Å². The van der Waals surface area contributed by atoms with Crippen molar-refractivity contribution in [3.63, 3.8) is 0 Å². The Bertz CT molecular complexity index is 130. The van der Waals surface area contributed by atoms with E-state index in [2.05, 4.69) is 6.92 Å². The average Bonchev–Trinajstić information content (AvgIpc) is 2.53. The van der Waals surface area contributed by atoms with Crippen LogP contribution >= 0.6 is 0 Å². The number of ether oxygens (including phenoxy) is 1. The Labute approximate surface area is 81.8 Å². The molecule has 0 aromatic heterocycles. The van der Waals surface area contributed by atoms with Gasteiger partial charge in [-0.2, -0.15) is 0 Å². The first kappa shape index (κ1) is 11.0. The van der Waals surface area contributed by atoms with Crippen LogP contribution in [0.4, 0.5) is 0 Å². The molecule has 0 bridgehead atoms. The van der Waals surface area contributed by atoms with Crippen molar-refractivity contribution in [1.82, 2.24) is 0 Å². The van der Waals surface area contributed by atoms with Gasteiger partial charge in [0, 0.05) is 18.8 Å². The van der Waals surface area contributed by atoms with Crippen molar-refractivity contribution in [2.75, 3.05) is 13.2 Å². The Kier molecular flexibility index (Phi) is 4.74. The molecule has 1 aliphatic carbocycles. The van der Waals surface area contributed by atoms with Gasteiger partial charge in [0.05, 0.1) is 0 Å². The normalized spacial score (nSPS) is 20.8. The molecule has 0 unspecified atom stereocenters. The molecule has 0 spiro atoms. The summed E-state index contributed by atoms with van der Waals surface area (Å²) in [6.07, 6.45) is 8.47. The SMILES string of the molecule is CCCCOCCC1(N)CCCC1. The lowest BCUT2D eigenvalue weighted by atomic mass is 9.95. The summed E-state index contributed by atoms with van der Waals surface area (Å²) in [4.78, 5) is 0. The molecule has 0 amide bonds. The third-order valence-electron chi connectivity index (χ3n) is 2.99. The second-order valence-electron chi connectivity index (χ2n) is 4.29. The summed E-state index contributed by atoms with van der Waals surface area (Å²) in [6, 6.07) is 0. The Morgan fingerprint density at radius 1 is 1.23 bits per heavy atom. The van der Waals surface area contributed by atoms with Crippen LogP contribution in [0.5, 0.6) is 0 Å². The number of hydrogen-bond acceptors (Lipinski definition) is 2. The second-order valence-corrected chi connectivity index (χ2v) is 4.29. The third kappa shape index (κ3) is 4.10. The summed E-state index contributed by atoms with van der Waals surface area (Å²) >= 11 is 0. The number of unbranched alkanes of at least 4 members (excludes halogenated alkanes) is 1. The van der Waals surface area contributed by atoms with E-state index in [0.717, 1.165) is 19.6 Å². The van der Waals surface area contributed by atoms with Gasteiger partial charge in [-0.15, -0.1) is 0 Å². The predicted molar refractivity (Wildman–Crippen MR) is 55.7 cm³/mol. The lowest BCUT2D eigenvalue weighted by molar-refractivity contribution is 0.112. The van der Waals surface area contributed by atoms with E-state index >= 15 is 0 Å². The first-order valence-electron chi connectivity index (χ1n) is 5.63. The monoisotopic (exact) mass is 185 g/mol. The molecule has 0 aliphatic heterocycles. The highest BCUT2D eigenvalue weighted by Gasteiger charge is 2.28. The summed E-state index contributed by atoms with van der Waals surface area (Å²) in [7, 11) is 0. The zero-order valence-corrected chi connectivity index (χ0v) is 8.85. The Hall–Kier alpha value is -0.0800. The van der Waals surface area contributed by atoms with E-state index in [4.69, 9.17) is 10.5 Å². The van der Waals surface area contributed by atoms with E-state index in [9.17, 15) is 0 Å². The molecule has 2 heteroatoms. The first-order chi connectivity index (χ1) is 6.27. The molecular weight excluding hydrogens is 162 g/mol. The molecule has 0 aromatic carbocycles. The molecule has 2 N–H and O–H groups in total. The highest BCUT2D eigenvalue weighted by atomic mass is 16.5. The molecule has 0 aromatic rings. The summed E-state index contributed by atoms with van der Waals surface area (Å²) in [5.74, 6) is 0. The van der Waals surface area contributed by atoms with Crippen LogP contribution in [0.2, 0.25) is 0 Å². The van der Waals surface area contributed by atoms with Gasteiger partial charge in [-0.3, -0.25) is 0 Å².